The van der Waals surface area contributed by atoms with Crippen LogP contribution in [0.3, 0.4) is 0 Å². The molecule has 4 rings (SSSR count). The normalized spacial score (nSPS) is 17.2. The standard InChI is InChI=1S/C18H20N6O3/c1-13-12-22(8-9-27-13)15-6-5-14(10-19-15)11-20-17-18(24(25)26)23-7-3-2-4-16(23)21-17/h2-7,10,13,20H,8-9,11-12H2,1H3. The molecule has 9 heteroatoms. The van der Waals surface area contributed by atoms with E-state index in [-0.39, 0.29) is 17.7 Å². The number of pyridine rings is 2. The summed E-state index contributed by atoms with van der Waals surface area (Å²) >= 11 is 0. The van der Waals surface area contributed by atoms with Crippen molar-refractivity contribution >= 4 is 23.1 Å². The van der Waals surface area contributed by atoms with Crippen molar-refractivity contribution in [3.63, 3.8) is 0 Å². The van der Waals surface area contributed by atoms with Gasteiger partial charge in [-0.25, -0.2) is 4.98 Å². The number of rotatable bonds is 5. The maximum atomic E-state index is 11.4. The molecular formula is C18H20N6O3. The van der Waals surface area contributed by atoms with Gasteiger partial charge in [-0.2, -0.15) is 9.38 Å². The maximum Gasteiger partial charge on any atom is 0.372 e. The molecule has 0 saturated carbocycles. The molecule has 1 aliphatic heterocycles. The third-order valence-electron chi connectivity index (χ3n) is 4.51. The van der Waals surface area contributed by atoms with E-state index < -0.39 is 4.92 Å². The molecule has 9 nitrogen and oxygen atoms in total. The Kier molecular flexibility index (Phi) is 4.59. The van der Waals surface area contributed by atoms with Crippen LogP contribution in [0.25, 0.3) is 5.65 Å². The van der Waals surface area contributed by atoms with E-state index in [9.17, 15) is 10.1 Å². The zero-order valence-electron chi connectivity index (χ0n) is 14.9. The minimum absolute atomic E-state index is 0.0718. The molecule has 1 unspecified atom stereocenters. The lowest BCUT2D eigenvalue weighted by Gasteiger charge is -2.32. The predicted octanol–water partition coefficient (Wildman–Crippen LogP) is 2.47. The van der Waals surface area contributed by atoms with Crippen LogP contribution in [0.15, 0.2) is 42.7 Å². The molecule has 0 radical (unpaired) electrons. The highest BCUT2D eigenvalue weighted by Crippen LogP contribution is 2.25. The van der Waals surface area contributed by atoms with E-state index in [0.29, 0.717) is 18.8 Å². The number of nitro groups is 1. The lowest BCUT2D eigenvalue weighted by molar-refractivity contribution is -0.389. The Morgan fingerprint density at radius 3 is 3.00 bits per heavy atom. The maximum absolute atomic E-state index is 11.4. The van der Waals surface area contributed by atoms with Crippen molar-refractivity contribution in [3.8, 4) is 0 Å². The molecule has 1 fully saturated rings. The molecule has 140 valence electrons. The summed E-state index contributed by atoms with van der Waals surface area (Å²) in [6, 6.07) is 9.20. The number of anilines is 2. The van der Waals surface area contributed by atoms with Gasteiger partial charge in [-0.15, -0.1) is 0 Å². The average Bonchev–Trinajstić information content (AvgIpc) is 3.05. The number of morpholine rings is 1. The van der Waals surface area contributed by atoms with Crippen LogP contribution in [-0.2, 0) is 11.3 Å². The minimum Gasteiger partial charge on any atom is -0.375 e. The van der Waals surface area contributed by atoms with Crippen LogP contribution >= 0.6 is 0 Å². The van der Waals surface area contributed by atoms with E-state index in [0.717, 1.165) is 24.5 Å². The number of imidazole rings is 1. The Labute approximate surface area is 155 Å². The van der Waals surface area contributed by atoms with Gasteiger partial charge in [-0.3, -0.25) is 0 Å². The van der Waals surface area contributed by atoms with Crippen molar-refractivity contribution in [2.75, 3.05) is 29.9 Å². The van der Waals surface area contributed by atoms with Crippen LogP contribution in [-0.4, -0.2) is 45.1 Å². The lowest BCUT2D eigenvalue weighted by atomic mass is 10.2. The summed E-state index contributed by atoms with van der Waals surface area (Å²) in [6.07, 6.45) is 3.60. The van der Waals surface area contributed by atoms with Gasteiger partial charge in [0.05, 0.1) is 18.9 Å². The van der Waals surface area contributed by atoms with Crippen LogP contribution < -0.4 is 10.2 Å². The largest absolute Gasteiger partial charge is 0.375 e. The first kappa shape index (κ1) is 17.2. The molecular weight excluding hydrogens is 348 g/mol. The van der Waals surface area contributed by atoms with Crippen LogP contribution in [0, 0.1) is 10.1 Å². The quantitative estimate of drug-likeness (QED) is 0.546. The molecule has 4 heterocycles. The zero-order valence-corrected chi connectivity index (χ0v) is 14.9. The van der Waals surface area contributed by atoms with Gasteiger partial charge in [0.1, 0.15) is 5.82 Å². The SMILES string of the molecule is CC1CN(c2ccc(CNc3nc4ccccn4c3[N+](=O)[O-])cn2)CCO1. The van der Waals surface area contributed by atoms with Crippen molar-refractivity contribution in [1.82, 2.24) is 14.4 Å². The molecule has 0 aliphatic carbocycles. The van der Waals surface area contributed by atoms with Crippen molar-refractivity contribution in [3.05, 3.63) is 58.4 Å². The summed E-state index contributed by atoms with van der Waals surface area (Å²) in [5.74, 6) is 1.09. The second kappa shape index (κ2) is 7.20. The number of nitrogens with one attached hydrogen (secondary N) is 1. The first-order chi connectivity index (χ1) is 13.1. The van der Waals surface area contributed by atoms with Gasteiger partial charge < -0.3 is 25.1 Å². The Morgan fingerprint density at radius 2 is 2.26 bits per heavy atom. The summed E-state index contributed by atoms with van der Waals surface area (Å²) in [5.41, 5.74) is 1.45. The van der Waals surface area contributed by atoms with E-state index in [1.165, 1.54) is 4.40 Å². The first-order valence-electron chi connectivity index (χ1n) is 8.78. The third kappa shape index (κ3) is 3.54. The zero-order chi connectivity index (χ0) is 18.8. The van der Waals surface area contributed by atoms with Gasteiger partial charge in [-0.05, 0) is 29.5 Å². The van der Waals surface area contributed by atoms with Gasteiger partial charge in [-0.1, -0.05) is 12.1 Å². The predicted molar refractivity (Wildman–Crippen MR) is 101 cm³/mol. The number of aromatic nitrogens is 3. The number of hydrogen-bond donors (Lipinski definition) is 1. The second-order valence-electron chi connectivity index (χ2n) is 6.48. The summed E-state index contributed by atoms with van der Waals surface area (Å²) < 4.78 is 7.01. The fourth-order valence-electron chi connectivity index (χ4n) is 3.20. The van der Waals surface area contributed by atoms with Gasteiger partial charge in [0, 0.05) is 31.9 Å². The number of nitrogens with zero attached hydrogens (tertiary/aromatic N) is 5. The average molecular weight is 368 g/mol. The fourth-order valence-corrected chi connectivity index (χ4v) is 3.20. The van der Waals surface area contributed by atoms with E-state index in [1.807, 2.05) is 19.1 Å². The number of hydrogen-bond acceptors (Lipinski definition) is 7. The molecule has 1 saturated heterocycles. The second-order valence-corrected chi connectivity index (χ2v) is 6.48. The highest BCUT2D eigenvalue weighted by Gasteiger charge is 2.22. The Bertz CT molecular complexity index is 955. The monoisotopic (exact) mass is 368 g/mol. The highest BCUT2D eigenvalue weighted by molar-refractivity contribution is 5.62. The highest BCUT2D eigenvalue weighted by atomic mass is 16.6. The van der Waals surface area contributed by atoms with E-state index in [2.05, 4.69) is 20.2 Å². The van der Waals surface area contributed by atoms with Crippen molar-refractivity contribution in [2.45, 2.75) is 19.6 Å². The topological polar surface area (TPSA) is 97.8 Å². The molecule has 1 atom stereocenters. The lowest BCUT2D eigenvalue weighted by Crippen LogP contribution is -2.41. The molecule has 0 bridgehead atoms. The fraction of sp³-hybridized carbons (Fsp3) is 0.333. The van der Waals surface area contributed by atoms with E-state index >= 15 is 0 Å². The molecule has 0 aromatic carbocycles. The van der Waals surface area contributed by atoms with Crippen LogP contribution in [0.1, 0.15) is 12.5 Å². The van der Waals surface area contributed by atoms with E-state index in [1.54, 1.807) is 30.6 Å². The molecule has 27 heavy (non-hydrogen) atoms. The summed E-state index contributed by atoms with van der Waals surface area (Å²) in [6.45, 7) is 4.79. The molecule has 0 amide bonds. The smallest absolute Gasteiger partial charge is 0.372 e. The number of fused-ring (bicyclic) bond motifs is 1. The van der Waals surface area contributed by atoms with Crippen molar-refractivity contribution < 1.29 is 9.66 Å². The molecule has 0 spiro atoms. The third-order valence-corrected chi connectivity index (χ3v) is 4.51. The molecule has 3 aromatic heterocycles. The van der Waals surface area contributed by atoms with Crippen LogP contribution in [0.5, 0.6) is 0 Å². The Morgan fingerprint density at radius 1 is 1.37 bits per heavy atom. The van der Waals surface area contributed by atoms with Crippen molar-refractivity contribution in [1.29, 1.82) is 0 Å². The Hall–Kier alpha value is -3.20. The van der Waals surface area contributed by atoms with Crippen LogP contribution in [0.4, 0.5) is 17.5 Å². The van der Waals surface area contributed by atoms with Crippen LogP contribution in [0.2, 0.25) is 0 Å². The van der Waals surface area contributed by atoms with Gasteiger partial charge in [0.2, 0.25) is 11.5 Å². The van der Waals surface area contributed by atoms with Gasteiger partial charge >= 0.3 is 5.82 Å². The Balaban J connectivity index is 1.48. The molecule has 3 aromatic rings. The van der Waals surface area contributed by atoms with Gasteiger partial charge in [0.25, 0.3) is 0 Å². The van der Waals surface area contributed by atoms with Gasteiger partial charge in [0.15, 0.2) is 0 Å². The summed E-state index contributed by atoms with van der Waals surface area (Å²) in [5, 5.41) is 14.5. The minimum atomic E-state index is -0.427. The molecule has 1 aliphatic rings. The molecule has 1 N–H and O–H groups in total. The van der Waals surface area contributed by atoms with Crippen molar-refractivity contribution in [2.24, 2.45) is 0 Å². The number of ether oxygens (including phenoxy) is 1. The summed E-state index contributed by atoms with van der Waals surface area (Å²) in [7, 11) is 0. The van der Waals surface area contributed by atoms with E-state index in [4.69, 9.17) is 4.74 Å². The summed E-state index contributed by atoms with van der Waals surface area (Å²) in [4.78, 5) is 22.0. The first-order valence-corrected chi connectivity index (χ1v) is 8.78.